The Bertz CT molecular complexity index is 429. The van der Waals surface area contributed by atoms with Crippen molar-refractivity contribution in [2.24, 2.45) is 0 Å². The van der Waals surface area contributed by atoms with Crippen molar-refractivity contribution in [3.63, 3.8) is 0 Å². The fraction of sp³-hybridized carbons (Fsp3) is 0.364. The van der Waals surface area contributed by atoms with Gasteiger partial charge in [0.05, 0.1) is 15.7 Å². The van der Waals surface area contributed by atoms with Crippen molar-refractivity contribution >= 4 is 21.6 Å². The van der Waals surface area contributed by atoms with Crippen LogP contribution in [0.15, 0.2) is 17.6 Å². The predicted molar refractivity (Wildman–Crippen MR) is 58.4 cm³/mol. The summed E-state index contributed by atoms with van der Waals surface area (Å²) in [4.78, 5) is 4.40. The van der Waals surface area contributed by atoms with Gasteiger partial charge in [-0.2, -0.15) is 0 Å². The topological polar surface area (TPSA) is 12.9 Å². The fourth-order valence-electron chi connectivity index (χ4n) is 1.58. The Kier molecular flexibility index (Phi) is 2.08. The van der Waals surface area contributed by atoms with E-state index in [1.54, 1.807) is 11.3 Å². The van der Waals surface area contributed by atoms with Crippen molar-refractivity contribution in [3.8, 4) is 0 Å². The Labute approximate surface area is 82.4 Å². The second-order valence-electron chi connectivity index (χ2n) is 3.71. The molecule has 0 aliphatic carbocycles. The zero-order valence-electron chi connectivity index (χ0n) is 8.16. The molecule has 0 aliphatic heterocycles. The molecule has 0 N–H and O–H groups in total. The lowest BCUT2D eigenvalue weighted by Crippen LogP contribution is -1.90. The van der Waals surface area contributed by atoms with Crippen molar-refractivity contribution < 1.29 is 0 Å². The van der Waals surface area contributed by atoms with Crippen LogP contribution in [0.1, 0.15) is 30.9 Å². The molecule has 0 fully saturated rings. The summed E-state index contributed by atoms with van der Waals surface area (Å²) < 4.78 is 1.31. The molecule has 2 rings (SSSR count). The van der Waals surface area contributed by atoms with Crippen LogP contribution in [0.25, 0.3) is 10.2 Å². The standard InChI is InChI=1S/C11H13NS/c1-7(2)9-4-8(3)5-10-11(9)12-6-13-10/h4-7H,1-3H3. The van der Waals surface area contributed by atoms with E-state index in [9.17, 15) is 0 Å². The second-order valence-corrected chi connectivity index (χ2v) is 4.59. The van der Waals surface area contributed by atoms with Gasteiger partial charge in [-0.1, -0.05) is 19.9 Å². The van der Waals surface area contributed by atoms with E-state index in [0.29, 0.717) is 5.92 Å². The Balaban J connectivity index is 2.77. The van der Waals surface area contributed by atoms with E-state index < -0.39 is 0 Å². The molecular weight excluding hydrogens is 178 g/mol. The van der Waals surface area contributed by atoms with Gasteiger partial charge in [-0.25, -0.2) is 4.98 Å². The first-order valence-corrected chi connectivity index (χ1v) is 5.40. The smallest absolute Gasteiger partial charge is 0.0846 e. The normalized spacial score (nSPS) is 11.4. The summed E-state index contributed by atoms with van der Waals surface area (Å²) in [7, 11) is 0. The Morgan fingerprint density at radius 3 is 2.77 bits per heavy atom. The molecule has 0 saturated carbocycles. The lowest BCUT2D eigenvalue weighted by molar-refractivity contribution is 0.872. The largest absolute Gasteiger partial charge is 0.244 e. The van der Waals surface area contributed by atoms with Crippen LogP contribution >= 0.6 is 11.3 Å². The third-order valence-electron chi connectivity index (χ3n) is 2.23. The van der Waals surface area contributed by atoms with Crippen LogP contribution in [0.4, 0.5) is 0 Å². The highest BCUT2D eigenvalue weighted by molar-refractivity contribution is 7.16. The minimum atomic E-state index is 0.560. The molecule has 2 aromatic rings. The molecule has 68 valence electrons. The molecule has 1 heterocycles. The van der Waals surface area contributed by atoms with Gasteiger partial charge >= 0.3 is 0 Å². The number of benzene rings is 1. The maximum Gasteiger partial charge on any atom is 0.0846 e. The highest BCUT2D eigenvalue weighted by atomic mass is 32.1. The number of rotatable bonds is 1. The average molecular weight is 191 g/mol. The monoisotopic (exact) mass is 191 g/mol. The van der Waals surface area contributed by atoms with E-state index in [2.05, 4.69) is 37.9 Å². The molecule has 1 aromatic heterocycles. The van der Waals surface area contributed by atoms with Gasteiger partial charge in [-0.3, -0.25) is 0 Å². The first-order chi connectivity index (χ1) is 6.18. The third kappa shape index (κ3) is 1.46. The summed E-state index contributed by atoms with van der Waals surface area (Å²) in [6, 6.07) is 4.45. The lowest BCUT2D eigenvalue weighted by Gasteiger charge is -2.07. The number of nitrogens with zero attached hydrogens (tertiary/aromatic N) is 1. The van der Waals surface area contributed by atoms with Crippen molar-refractivity contribution in [2.45, 2.75) is 26.7 Å². The van der Waals surface area contributed by atoms with Gasteiger partial charge in [0.25, 0.3) is 0 Å². The molecule has 0 amide bonds. The van der Waals surface area contributed by atoms with Crippen molar-refractivity contribution in [2.75, 3.05) is 0 Å². The summed E-state index contributed by atoms with van der Waals surface area (Å²) in [5.41, 5.74) is 5.82. The van der Waals surface area contributed by atoms with Gasteiger partial charge in [0.2, 0.25) is 0 Å². The second kappa shape index (κ2) is 3.11. The number of thiazole rings is 1. The highest BCUT2D eigenvalue weighted by Gasteiger charge is 2.07. The van der Waals surface area contributed by atoms with Crippen LogP contribution in [0, 0.1) is 6.92 Å². The van der Waals surface area contributed by atoms with Gasteiger partial charge in [0, 0.05) is 0 Å². The highest BCUT2D eigenvalue weighted by Crippen LogP contribution is 2.28. The predicted octanol–water partition coefficient (Wildman–Crippen LogP) is 3.73. The molecule has 0 saturated heterocycles. The van der Waals surface area contributed by atoms with E-state index >= 15 is 0 Å². The van der Waals surface area contributed by atoms with Gasteiger partial charge in [-0.15, -0.1) is 11.3 Å². The molecule has 13 heavy (non-hydrogen) atoms. The van der Waals surface area contributed by atoms with E-state index in [4.69, 9.17) is 0 Å². The van der Waals surface area contributed by atoms with Crippen LogP contribution in [0.5, 0.6) is 0 Å². The van der Waals surface area contributed by atoms with Crippen LogP contribution < -0.4 is 0 Å². The van der Waals surface area contributed by atoms with Crippen LogP contribution in [-0.2, 0) is 0 Å². The third-order valence-corrected chi connectivity index (χ3v) is 3.01. The SMILES string of the molecule is Cc1cc(C(C)C)c2ncsc2c1. The molecule has 2 heteroatoms. The van der Waals surface area contributed by atoms with Gasteiger partial charge < -0.3 is 0 Å². The van der Waals surface area contributed by atoms with Crippen LogP contribution in [-0.4, -0.2) is 4.98 Å². The average Bonchev–Trinajstić information content (AvgIpc) is 2.49. The summed E-state index contributed by atoms with van der Waals surface area (Å²) >= 11 is 1.72. The molecule has 0 atom stereocenters. The lowest BCUT2D eigenvalue weighted by atomic mass is 10.00. The summed E-state index contributed by atoms with van der Waals surface area (Å²) in [6.07, 6.45) is 0. The van der Waals surface area contributed by atoms with Crippen LogP contribution in [0.3, 0.4) is 0 Å². The number of hydrogen-bond acceptors (Lipinski definition) is 2. The number of hydrogen-bond donors (Lipinski definition) is 0. The quantitative estimate of drug-likeness (QED) is 0.669. The zero-order chi connectivity index (χ0) is 9.42. The molecule has 0 spiro atoms. The van der Waals surface area contributed by atoms with E-state index in [0.717, 1.165) is 0 Å². The van der Waals surface area contributed by atoms with E-state index in [-0.39, 0.29) is 0 Å². The first-order valence-electron chi connectivity index (χ1n) is 4.52. The number of aromatic nitrogens is 1. The molecule has 0 bridgehead atoms. The fourth-order valence-corrected chi connectivity index (χ4v) is 2.38. The Morgan fingerprint density at radius 2 is 2.08 bits per heavy atom. The van der Waals surface area contributed by atoms with Gasteiger partial charge in [0.15, 0.2) is 0 Å². The molecule has 1 nitrogen and oxygen atoms in total. The molecule has 0 unspecified atom stereocenters. The Hall–Kier alpha value is -0.890. The summed E-state index contributed by atoms with van der Waals surface area (Å²) in [6.45, 7) is 6.58. The molecule has 0 radical (unpaired) electrons. The Morgan fingerprint density at radius 1 is 1.31 bits per heavy atom. The van der Waals surface area contributed by atoms with Crippen molar-refractivity contribution in [1.29, 1.82) is 0 Å². The summed E-state index contributed by atoms with van der Waals surface area (Å²) in [5.74, 6) is 0.560. The minimum absolute atomic E-state index is 0.560. The van der Waals surface area contributed by atoms with Crippen molar-refractivity contribution in [1.82, 2.24) is 4.98 Å². The number of fused-ring (bicyclic) bond motifs is 1. The first kappa shape index (κ1) is 8.70. The minimum Gasteiger partial charge on any atom is -0.244 e. The molecule has 0 aliphatic rings. The maximum absolute atomic E-state index is 4.40. The molecular formula is C11H13NS. The van der Waals surface area contributed by atoms with Gasteiger partial charge in [0.1, 0.15) is 0 Å². The van der Waals surface area contributed by atoms with E-state index in [1.807, 2.05) is 5.51 Å². The molecule has 1 aromatic carbocycles. The summed E-state index contributed by atoms with van der Waals surface area (Å²) in [5, 5.41) is 0. The van der Waals surface area contributed by atoms with E-state index in [1.165, 1.54) is 21.3 Å². The number of aryl methyl sites for hydroxylation is 1. The van der Waals surface area contributed by atoms with Crippen LogP contribution in [0.2, 0.25) is 0 Å². The maximum atomic E-state index is 4.40. The zero-order valence-corrected chi connectivity index (χ0v) is 8.98. The van der Waals surface area contributed by atoms with Gasteiger partial charge in [-0.05, 0) is 30.0 Å². The van der Waals surface area contributed by atoms with Crippen molar-refractivity contribution in [3.05, 3.63) is 28.8 Å².